The molecule has 2 rings (SSSR count). The topological polar surface area (TPSA) is 60.2 Å². The lowest BCUT2D eigenvalue weighted by atomic mass is 10.4. The number of hydroxylamine groups is 2. The second-order valence-corrected chi connectivity index (χ2v) is 5.78. The first-order valence-electron chi connectivity index (χ1n) is 6.08. The molecule has 20 heavy (non-hydrogen) atoms. The third-order valence-electron chi connectivity index (χ3n) is 2.72. The fourth-order valence-electron chi connectivity index (χ4n) is 1.59. The van der Waals surface area contributed by atoms with Gasteiger partial charge in [-0.3, -0.25) is 9.63 Å². The fraction of sp³-hybridized carbons (Fsp3) is 0.417. The molecule has 0 aliphatic heterocycles. The lowest BCUT2D eigenvalue weighted by Crippen LogP contribution is -2.27. The van der Waals surface area contributed by atoms with E-state index in [4.69, 9.17) is 4.84 Å². The highest BCUT2D eigenvalue weighted by Crippen LogP contribution is 2.27. The van der Waals surface area contributed by atoms with E-state index >= 15 is 0 Å². The average Bonchev–Trinajstić information content (AvgIpc) is 3.11. The van der Waals surface area contributed by atoms with Gasteiger partial charge in [-0.2, -0.15) is 0 Å². The van der Waals surface area contributed by atoms with Crippen molar-refractivity contribution in [3.63, 3.8) is 0 Å². The minimum absolute atomic E-state index is 0.110. The van der Waals surface area contributed by atoms with Crippen LogP contribution < -0.4 is 0 Å². The molecule has 0 atom stereocenters. The number of aromatic nitrogens is 3. The summed E-state index contributed by atoms with van der Waals surface area (Å²) in [7, 11) is 3.05. The van der Waals surface area contributed by atoms with E-state index in [2.05, 4.69) is 10.2 Å². The lowest BCUT2D eigenvalue weighted by Gasteiger charge is -2.13. The summed E-state index contributed by atoms with van der Waals surface area (Å²) >= 11 is 2.99. The van der Waals surface area contributed by atoms with Gasteiger partial charge in [0.05, 0.1) is 17.7 Å². The molecule has 0 bridgehead atoms. The van der Waals surface area contributed by atoms with Crippen LogP contribution in [0.1, 0.15) is 6.92 Å². The Morgan fingerprint density at radius 3 is 2.95 bits per heavy atom. The molecule has 0 aliphatic carbocycles. The highest BCUT2D eigenvalue weighted by atomic mass is 32.2. The summed E-state index contributed by atoms with van der Waals surface area (Å²) in [5.41, 5.74) is 0. The van der Waals surface area contributed by atoms with E-state index in [-0.39, 0.29) is 11.7 Å². The number of carbonyl (C=O) groups is 1. The summed E-state index contributed by atoms with van der Waals surface area (Å²) in [6.07, 6.45) is 0. The van der Waals surface area contributed by atoms with Crippen LogP contribution in [-0.2, 0) is 16.2 Å². The number of thioether (sulfide) groups is 1. The molecule has 1 amide bonds. The number of carbonyl (C=O) groups excluding carboxylic acids is 1. The Labute approximate surface area is 125 Å². The highest BCUT2D eigenvalue weighted by Gasteiger charge is 2.16. The van der Waals surface area contributed by atoms with Gasteiger partial charge in [-0.05, 0) is 18.4 Å². The number of hydrogen-bond donors (Lipinski definition) is 0. The zero-order valence-electron chi connectivity index (χ0n) is 11.6. The first-order valence-corrected chi connectivity index (χ1v) is 7.94. The van der Waals surface area contributed by atoms with Gasteiger partial charge in [0.25, 0.3) is 5.91 Å². The van der Waals surface area contributed by atoms with Gasteiger partial charge in [-0.1, -0.05) is 17.8 Å². The van der Waals surface area contributed by atoms with Crippen molar-refractivity contribution in [3.05, 3.63) is 17.5 Å². The minimum Gasteiger partial charge on any atom is -0.302 e. The third-order valence-corrected chi connectivity index (χ3v) is 4.54. The maximum absolute atomic E-state index is 11.7. The molecule has 0 spiro atoms. The quantitative estimate of drug-likeness (QED) is 0.604. The van der Waals surface area contributed by atoms with Crippen LogP contribution in [-0.4, -0.2) is 45.6 Å². The van der Waals surface area contributed by atoms with Gasteiger partial charge in [0, 0.05) is 13.6 Å². The molecule has 0 aromatic carbocycles. The Hall–Kier alpha value is -1.38. The summed E-state index contributed by atoms with van der Waals surface area (Å²) in [6, 6.07) is 4.00. The normalized spacial score (nSPS) is 10.8. The van der Waals surface area contributed by atoms with E-state index in [1.165, 1.54) is 23.9 Å². The van der Waals surface area contributed by atoms with E-state index in [1.807, 2.05) is 29.0 Å². The van der Waals surface area contributed by atoms with Crippen molar-refractivity contribution in [2.75, 3.05) is 19.9 Å². The van der Waals surface area contributed by atoms with Crippen LogP contribution in [0.2, 0.25) is 0 Å². The summed E-state index contributed by atoms with van der Waals surface area (Å²) in [5, 5.41) is 12.4. The summed E-state index contributed by atoms with van der Waals surface area (Å²) in [4.78, 5) is 17.6. The van der Waals surface area contributed by atoms with Gasteiger partial charge in [-0.25, -0.2) is 5.06 Å². The molecule has 0 saturated heterocycles. The molecule has 0 radical (unpaired) electrons. The van der Waals surface area contributed by atoms with Crippen LogP contribution in [0.3, 0.4) is 0 Å². The maximum atomic E-state index is 11.7. The van der Waals surface area contributed by atoms with Crippen molar-refractivity contribution < 1.29 is 9.63 Å². The predicted octanol–water partition coefficient (Wildman–Crippen LogP) is 2.14. The highest BCUT2D eigenvalue weighted by molar-refractivity contribution is 7.99. The second kappa shape index (κ2) is 6.87. The van der Waals surface area contributed by atoms with Crippen molar-refractivity contribution in [1.82, 2.24) is 19.8 Å². The van der Waals surface area contributed by atoms with Crippen molar-refractivity contribution >= 4 is 29.0 Å². The van der Waals surface area contributed by atoms with Gasteiger partial charge >= 0.3 is 0 Å². The molecule has 0 fully saturated rings. The van der Waals surface area contributed by atoms with Crippen LogP contribution in [0.4, 0.5) is 0 Å². The monoisotopic (exact) mass is 312 g/mol. The first kappa shape index (κ1) is 15.0. The Bertz CT molecular complexity index is 568. The number of hydrogen-bond acceptors (Lipinski definition) is 6. The maximum Gasteiger partial charge on any atom is 0.256 e. The molecule has 0 aliphatic rings. The largest absolute Gasteiger partial charge is 0.302 e. The van der Waals surface area contributed by atoms with Crippen LogP contribution in [0.25, 0.3) is 10.7 Å². The third kappa shape index (κ3) is 3.20. The molecule has 0 unspecified atom stereocenters. The van der Waals surface area contributed by atoms with Crippen LogP contribution in [0, 0.1) is 0 Å². The minimum atomic E-state index is -0.110. The molecule has 2 heterocycles. The molecule has 108 valence electrons. The Kier molecular flexibility index (Phi) is 5.16. The van der Waals surface area contributed by atoms with Crippen LogP contribution in [0.15, 0.2) is 22.7 Å². The fourth-order valence-corrected chi connectivity index (χ4v) is 3.21. The summed E-state index contributed by atoms with van der Waals surface area (Å²) in [6.45, 7) is 2.80. The van der Waals surface area contributed by atoms with E-state index in [1.54, 1.807) is 18.4 Å². The van der Waals surface area contributed by atoms with Gasteiger partial charge in [-0.15, -0.1) is 21.5 Å². The van der Waals surface area contributed by atoms with E-state index in [9.17, 15) is 4.79 Å². The van der Waals surface area contributed by atoms with Gasteiger partial charge in [0.1, 0.15) is 0 Å². The summed E-state index contributed by atoms with van der Waals surface area (Å²) < 4.78 is 2.01. The molecule has 0 N–H and O–H groups in total. The molecule has 8 heteroatoms. The number of nitrogens with zero attached hydrogens (tertiary/aromatic N) is 4. The smallest absolute Gasteiger partial charge is 0.256 e. The Morgan fingerprint density at radius 1 is 1.55 bits per heavy atom. The molecule has 6 nitrogen and oxygen atoms in total. The Balaban J connectivity index is 2.12. The van der Waals surface area contributed by atoms with E-state index < -0.39 is 0 Å². The van der Waals surface area contributed by atoms with Gasteiger partial charge in [0.15, 0.2) is 11.0 Å². The number of rotatable bonds is 6. The summed E-state index contributed by atoms with van der Waals surface area (Å²) in [5.74, 6) is 1.01. The first-order chi connectivity index (χ1) is 9.67. The van der Waals surface area contributed by atoms with Gasteiger partial charge in [0.2, 0.25) is 0 Å². The van der Waals surface area contributed by atoms with Crippen LogP contribution in [0.5, 0.6) is 0 Å². The second-order valence-electron chi connectivity index (χ2n) is 3.89. The number of amides is 1. The van der Waals surface area contributed by atoms with Crippen molar-refractivity contribution in [1.29, 1.82) is 0 Å². The molecule has 2 aromatic rings. The Morgan fingerprint density at radius 2 is 2.35 bits per heavy atom. The van der Waals surface area contributed by atoms with Crippen molar-refractivity contribution in [2.24, 2.45) is 0 Å². The van der Waals surface area contributed by atoms with E-state index in [0.29, 0.717) is 0 Å². The van der Waals surface area contributed by atoms with Crippen molar-refractivity contribution in [3.8, 4) is 10.7 Å². The van der Waals surface area contributed by atoms with Crippen molar-refractivity contribution in [2.45, 2.75) is 18.6 Å². The molecule has 0 saturated carbocycles. The molecular weight excluding hydrogens is 296 g/mol. The number of thiophene rings is 1. The average molecular weight is 312 g/mol. The van der Waals surface area contributed by atoms with Gasteiger partial charge < -0.3 is 4.57 Å². The standard InChI is InChI=1S/C12H16N4O2S2/c1-4-16-11(9-6-5-7-19-9)13-14-12(16)20-8-10(17)15(2)18-3/h5-7H,4,8H2,1-3H3. The predicted molar refractivity (Wildman–Crippen MR) is 79.5 cm³/mol. The zero-order chi connectivity index (χ0) is 14.5. The zero-order valence-corrected chi connectivity index (χ0v) is 13.2. The lowest BCUT2D eigenvalue weighted by molar-refractivity contribution is -0.165. The van der Waals surface area contributed by atoms with Crippen LogP contribution >= 0.6 is 23.1 Å². The molecular formula is C12H16N4O2S2. The SMILES string of the molecule is CCn1c(SCC(=O)N(C)OC)nnc1-c1cccs1. The molecule has 2 aromatic heterocycles. The van der Waals surface area contributed by atoms with E-state index in [0.717, 1.165) is 22.4 Å².